The quantitative estimate of drug-likeness (QED) is 0.896. The fourth-order valence-corrected chi connectivity index (χ4v) is 2.62. The third-order valence-electron chi connectivity index (χ3n) is 2.35. The van der Waals surface area contributed by atoms with E-state index in [1.165, 1.54) is 0 Å². The second-order valence-electron chi connectivity index (χ2n) is 3.48. The van der Waals surface area contributed by atoms with Gasteiger partial charge in [0.1, 0.15) is 6.07 Å². The number of thioether (sulfide) groups is 1. The number of rotatable bonds is 5. The first-order valence-electron chi connectivity index (χ1n) is 5.17. The highest BCUT2D eigenvalue weighted by atomic mass is 79.9. The first-order chi connectivity index (χ1) is 7.72. The molecular formula is C12H15BrN2S. The van der Waals surface area contributed by atoms with Crippen LogP contribution in [0.15, 0.2) is 22.7 Å². The number of anilines is 1. The molecule has 1 N–H and O–H groups in total. The van der Waals surface area contributed by atoms with Gasteiger partial charge < -0.3 is 5.32 Å². The lowest BCUT2D eigenvalue weighted by atomic mass is 10.1. The lowest BCUT2D eigenvalue weighted by Crippen LogP contribution is -2.21. The number of nitrogens with zero attached hydrogens (tertiary/aromatic N) is 1. The van der Waals surface area contributed by atoms with Gasteiger partial charge in [0.05, 0.1) is 11.3 Å². The van der Waals surface area contributed by atoms with Crippen LogP contribution >= 0.6 is 27.7 Å². The first-order valence-corrected chi connectivity index (χ1v) is 7.35. The Hall–Kier alpha value is -0.660. The van der Waals surface area contributed by atoms with Gasteiger partial charge in [-0.15, -0.1) is 0 Å². The molecule has 0 heterocycles. The van der Waals surface area contributed by atoms with Crippen molar-refractivity contribution in [1.29, 1.82) is 5.26 Å². The molecule has 2 nitrogen and oxygen atoms in total. The monoisotopic (exact) mass is 298 g/mol. The molecule has 1 aromatic carbocycles. The molecule has 0 aromatic heterocycles. The van der Waals surface area contributed by atoms with Crippen molar-refractivity contribution >= 4 is 33.4 Å². The highest BCUT2D eigenvalue weighted by Gasteiger charge is 2.10. The summed E-state index contributed by atoms with van der Waals surface area (Å²) in [6.45, 7) is 2.15. The van der Waals surface area contributed by atoms with Gasteiger partial charge in [-0.3, -0.25) is 0 Å². The molecular weight excluding hydrogens is 284 g/mol. The van der Waals surface area contributed by atoms with Crippen LogP contribution in [-0.2, 0) is 0 Å². The van der Waals surface area contributed by atoms with Crippen LogP contribution in [0.25, 0.3) is 0 Å². The molecule has 0 saturated carbocycles. The van der Waals surface area contributed by atoms with E-state index < -0.39 is 0 Å². The number of hydrogen-bond acceptors (Lipinski definition) is 3. The molecule has 4 heteroatoms. The maximum atomic E-state index is 9.09. The predicted molar refractivity (Wildman–Crippen MR) is 74.9 cm³/mol. The maximum Gasteiger partial charge on any atom is 0.103 e. The summed E-state index contributed by atoms with van der Waals surface area (Å²) in [6.07, 6.45) is 3.15. The van der Waals surface area contributed by atoms with Crippen molar-refractivity contribution < 1.29 is 0 Å². The normalized spacial score (nSPS) is 11.9. The average Bonchev–Trinajstić information content (AvgIpc) is 2.28. The molecule has 1 unspecified atom stereocenters. The van der Waals surface area contributed by atoms with Crippen molar-refractivity contribution in [2.75, 3.05) is 17.3 Å². The molecule has 1 aromatic rings. The summed E-state index contributed by atoms with van der Waals surface area (Å²) in [5, 5.41) is 12.5. The summed E-state index contributed by atoms with van der Waals surface area (Å²) < 4.78 is 0.846. The number of benzene rings is 1. The SMILES string of the molecule is CCC(CSC)Nc1cccc(Br)c1C#N. The minimum atomic E-state index is 0.413. The van der Waals surface area contributed by atoms with E-state index in [2.05, 4.69) is 40.5 Å². The third kappa shape index (κ3) is 3.43. The smallest absolute Gasteiger partial charge is 0.103 e. The lowest BCUT2D eigenvalue weighted by molar-refractivity contribution is 0.774. The van der Waals surface area contributed by atoms with Crippen LogP contribution in [0.2, 0.25) is 0 Å². The van der Waals surface area contributed by atoms with Crippen molar-refractivity contribution in [1.82, 2.24) is 0 Å². The highest BCUT2D eigenvalue weighted by Crippen LogP contribution is 2.25. The van der Waals surface area contributed by atoms with E-state index in [1.54, 1.807) is 0 Å². The number of nitrogens with one attached hydrogen (secondary N) is 1. The van der Waals surface area contributed by atoms with Crippen LogP contribution in [0.1, 0.15) is 18.9 Å². The van der Waals surface area contributed by atoms with Crippen molar-refractivity contribution in [2.24, 2.45) is 0 Å². The Labute approximate surface area is 110 Å². The zero-order valence-electron chi connectivity index (χ0n) is 9.46. The van der Waals surface area contributed by atoms with Crippen LogP contribution in [0.4, 0.5) is 5.69 Å². The van der Waals surface area contributed by atoms with Crippen molar-refractivity contribution in [3.8, 4) is 6.07 Å². The highest BCUT2D eigenvalue weighted by molar-refractivity contribution is 9.10. The molecule has 0 saturated heterocycles. The Morgan fingerprint density at radius 3 is 2.88 bits per heavy atom. The first kappa shape index (κ1) is 13.4. The predicted octanol–water partition coefficient (Wildman–Crippen LogP) is 3.87. The lowest BCUT2D eigenvalue weighted by Gasteiger charge is -2.18. The van der Waals surface area contributed by atoms with Crippen LogP contribution < -0.4 is 5.32 Å². The Morgan fingerprint density at radius 1 is 1.56 bits per heavy atom. The minimum Gasteiger partial charge on any atom is -0.380 e. The molecule has 0 fully saturated rings. The molecule has 0 amide bonds. The minimum absolute atomic E-state index is 0.413. The van der Waals surface area contributed by atoms with Gasteiger partial charge >= 0.3 is 0 Å². The van der Waals surface area contributed by atoms with Gasteiger partial charge in [0.25, 0.3) is 0 Å². The van der Waals surface area contributed by atoms with Crippen LogP contribution in [-0.4, -0.2) is 18.1 Å². The van der Waals surface area contributed by atoms with Crippen molar-refractivity contribution in [3.63, 3.8) is 0 Å². The standard InChI is InChI=1S/C12H15BrN2S/c1-3-9(8-16-2)15-12-6-4-5-11(13)10(12)7-14/h4-6,9,15H,3,8H2,1-2H3. The van der Waals surface area contributed by atoms with E-state index in [1.807, 2.05) is 30.0 Å². The van der Waals surface area contributed by atoms with Crippen molar-refractivity contribution in [2.45, 2.75) is 19.4 Å². The van der Waals surface area contributed by atoms with E-state index in [0.29, 0.717) is 11.6 Å². The van der Waals surface area contributed by atoms with Gasteiger partial charge in [0, 0.05) is 16.3 Å². The molecule has 16 heavy (non-hydrogen) atoms. The van der Waals surface area contributed by atoms with Gasteiger partial charge in [-0.25, -0.2) is 0 Å². The fraction of sp³-hybridized carbons (Fsp3) is 0.417. The number of hydrogen-bond donors (Lipinski definition) is 1. The van der Waals surface area contributed by atoms with E-state index >= 15 is 0 Å². The zero-order chi connectivity index (χ0) is 12.0. The summed E-state index contributed by atoms with van der Waals surface area (Å²) in [6, 6.07) is 8.41. The van der Waals surface area contributed by atoms with Gasteiger partial charge in [0.2, 0.25) is 0 Å². The Balaban J connectivity index is 2.88. The number of nitriles is 1. The largest absolute Gasteiger partial charge is 0.380 e. The maximum absolute atomic E-state index is 9.09. The Bertz CT molecular complexity index is 387. The van der Waals surface area contributed by atoms with E-state index in [-0.39, 0.29) is 0 Å². The third-order valence-corrected chi connectivity index (χ3v) is 3.74. The van der Waals surface area contributed by atoms with Gasteiger partial charge in [-0.2, -0.15) is 17.0 Å². The Morgan fingerprint density at radius 2 is 2.31 bits per heavy atom. The van der Waals surface area contributed by atoms with Crippen LogP contribution in [0.3, 0.4) is 0 Å². The summed E-state index contributed by atoms with van der Waals surface area (Å²) in [4.78, 5) is 0. The molecule has 0 aliphatic heterocycles. The summed E-state index contributed by atoms with van der Waals surface area (Å²) in [5.41, 5.74) is 1.60. The molecule has 86 valence electrons. The van der Waals surface area contributed by atoms with Crippen LogP contribution in [0, 0.1) is 11.3 Å². The topological polar surface area (TPSA) is 35.8 Å². The summed E-state index contributed by atoms with van der Waals surface area (Å²) in [5.74, 6) is 1.05. The molecule has 1 rings (SSSR count). The second kappa shape index (κ2) is 6.82. The molecule has 0 aliphatic carbocycles. The Kier molecular flexibility index (Phi) is 5.72. The fourth-order valence-electron chi connectivity index (χ4n) is 1.44. The average molecular weight is 299 g/mol. The van der Waals surface area contributed by atoms with Crippen LogP contribution in [0.5, 0.6) is 0 Å². The second-order valence-corrected chi connectivity index (χ2v) is 5.24. The summed E-state index contributed by atoms with van der Waals surface area (Å²) >= 11 is 5.20. The van der Waals surface area contributed by atoms with Gasteiger partial charge in [-0.05, 0) is 40.7 Å². The molecule has 1 atom stereocenters. The van der Waals surface area contributed by atoms with E-state index in [9.17, 15) is 0 Å². The van der Waals surface area contributed by atoms with Gasteiger partial charge in [-0.1, -0.05) is 13.0 Å². The molecule has 0 radical (unpaired) electrons. The van der Waals surface area contributed by atoms with Gasteiger partial charge in [0.15, 0.2) is 0 Å². The molecule has 0 aliphatic rings. The number of halogens is 1. The summed E-state index contributed by atoms with van der Waals surface area (Å²) in [7, 11) is 0. The zero-order valence-corrected chi connectivity index (χ0v) is 11.9. The van der Waals surface area contributed by atoms with E-state index in [4.69, 9.17) is 5.26 Å². The molecule has 0 spiro atoms. The van der Waals surface area contributed by atoms with E-state index in [0.717, 1.165) is 22.3 Å². The molecule has 0 bridgehead atoms. The van der Waals surface area contributed by atoms with Crippen molar-refractivity contribution in [3.05, 3.63) is 28.2 Å².